The van der Waals surface area contributed by atoms with E-state index in [1.807, 2.05) is 49.4 Å². The zero-order chi connectivity index (χ0) is 19.4. The molecular formula is C21H22N2O4. The SMILES string of the molecule is CCOC(=O)c1c(NCc2ccccc2OC)c2cccc(C)c2[nH]c1=O. The Hall–Kier alpha value is -3.28. The molecule has 2 aromatic carbocycles. The Balaban J connectivity index is 2.13. The molecule has 1 aromatic heterocycles. The van der Waals surface area contributed by atoms with Crippen molar-refractivity contribution in [1.82, 2.24) is 4.98 Å². The summed E-state index contributed by atoms with van der Waals surface area (Å²) in [6.07, 6.45) is 0. The molecule has 6 heteroatoms. The van der Waals surface area contributed by atoms with Gasteiger partial charge in [-0.2, -0.15) is 0 Å². The monoisotopic (exact) mass is 366 g/mol. The summed E-state index contributed by atoms with van der Waals surface area (Å²) in [5.74, 6) is 0.0812. The van der Waals surface area contributed by atoms with Crippen LogP contribution in [-0.4, -0.2) is 24.7 Å². The maximum absolute atomic E-state index is 12.6. The van der Waals surface area contributed by atoms with Crippen molar-refractivity contribution in [3.8, 4) is 5.75 Å². The molecular weight excluding hydrogens is 344 g/mol. The number of aromatic nitrogens is 1. The molecule has 3 rings (SSSR count). The van der Waals surface area contributed by atoms with Crippen LogP contribution in [0.2, 0.25) is 0 Å². The van der Waals surface area contributed by atoms with Crippen LogP contribution in [0.25, 0.3) is 10.9 Å². The number of para-hydroxylation sites is 2. The van der Waals surface area contributed by atoms with Gasteiger partial charge in [0.05, 0.1) is 24.9 Å². The highest BCUT2D eigenvalue weighted by atomic mass is 16.5. The molecule has 2 N–H and O–H groups in total. The topological polar surface area (TPSA) is 80.4 Å². The summed E-state index contributed by atoms with van der Waals surface area (Å²) in [5.41, 5.74) is 2.48. The number of methoxy groups -OCH3 is 1. The first-order valence-corrected chi connectivity index (χ1v) is 8.75. The Labute approximate surface area is 157 Å². The van der Waals surface area contributed by atoms with Crippen molar-refractivity contribution >= 4 is 22.6 Å². The molecule has 27 heavy (non-hydrogen) atoms. The van der Waals surface area contributed by atoms with Crippen LogP contribution in [0.15, 0.2) is 47.3 Å². The van der Waals surface area contributed by atoms with E-state index < -0.39 is 11.5 Å². The second-order valence-electron chi connectivity index (χ2n) is 6.09. The summed E-state index contributed by atoms with van der Waals surface area (Å²) in [4.78, 5) is 27.9. The number of ether oxygens (including phenoxy) is 2. The summed E-state index contributed by atoms with van der Waals surface area (Å²) in [7, 11) is 1.61. The van der Waals surface area contributed by atoms with Crippen LogP contribution in [0.3, 0.4) is 0 Å². The van der Waals surface area contributed by atoms with Crippen LogP contribution >= 0.6 is 0 Å². The van der Waals surface area contributed by atoms with Crippen molar-refractivity contribution in [2.75, 3.05) is 19.0 Å². The number of carbonyl (C=O) groups is 1. The van der Waals surface area contributed by atoms with E-state index in [0.717, 1.165) is 22.3 Å². The number of carbonyl (C=O) groups excluding carboxylic acids is 1. The lowest BCUT2D eigenvalue weighted by Crippen LogP contribution is -2.23. The highest BCUT2D eigenvalue weighted by Crippen LogP contribution is 2.28. The third kappa shape index (κ3) is 3.65. The predicted octanol–water partition coefficient (Wildman–Crippen LogP) is 3.63. The number of H-pyrrole nitrogens is 1. The minimum atomic E-state index is -0.648. The Kier molecular flexibility index (Phi) is 5.45. The highest BCUT2D eigenvalue weighted by Gasteiger charge is 2.21. The summed E-state index contributed by atoms with van der Waals surface area (Å²) < 4.78 is 10.5. The van der Waals surface area contributed by atoms with Gasteiger partial charge in [-0.25, -0.2) is 4.79 Å². The van der Waals surface area contributed by atoms with Gasteiger partial charge in [0.2, 0.25) is 0 Å². The van der Waals surface area contributed by atoms with Crippen molar-refractivity contribution in [1.29, 1.82) is 0 Å². The number of rotatable bonds is 6. The highest BCUT2D eigenvalue weighted by molar-refractivity contribution is 6.05. The maximum atomic E-state index is 12.6. The molecule has 0 aliphatic rings. The van der Waals surface area contributed by atoms with E-state index in [0.29, 0.717) is 17.7 Å². The van der Waals surface area contributed by atoms with Crippen LogP contribution in [0, 0.1) is 6.92 Å². The standard InChI is InChI=1S/C21H22N2O4/c1-4-27-21(25)17-19(22-12-14-9-5-6-11-16(14)26-3)15-10-7-8-13(2)18(15)23-20(17)24/h5-11H,4,12H2,1-3H3,(H2,22,23,24). The quantitative estimate of drug-likeness (QED) is 0.651. The number of pyridine rings is 1. The van der Waals surface area contributed by atoms with Crippen molar-refractivity contribution in [3.05, 3.63) is 69.5 Å². The number of anilines is 1. The fourth-order valence-electron chi connectivity index (χ4n) is 3.08. The number of aromatic amines is 1. The predicted molar refractivity (Wildman–Crippen MR) is 106 cm³/mol. The van der Waals surface area contributed by atoms with Gasteiger partial charge in [0.25, 0.3) is 5.56 Å². The number of nitrogens with one attached hydrogen (secondary N) is 2. The Morgan fingerprint density at radius 2 is 1.93 bits per heavy atom. The molecule has 6 nitrogen and oxygen atoms in total. The van der Waals surface area contributed by atoms with Crippen LogP contribution in [0.1, 0.15) is 28.4 Å². The summed E-state index contributed by atoms with van der Waals surface area (Å²) >= 11 is 0. The van der Waals surface area contributed by atoms with Gasteiger partial charge >= 0.3 is 5.97 Å². The number of benzene rings is 2. The smallest absolute Gasteiger partial charge is 0.345 e. The van der Waals surface area contributed by atoms with E-state index in [1.165, 1.54) is 0 Å². The zero-order valence-electron chi connectivity index (χ0n) is 15.6. The number of hydrogen-bond acceptors (Lipinski definition) is 5. The molecule has 0 saturated heterocycles. The third-order valence-corrected chi connectivity index (χ3v) is 4.39. The van der Waals surface area contributed by atoms with Crippen LogP contribution in [0.5, 0.6) is 5.75 Å². The van der Waals surface area contributed by atoms with Crippen molar-refractivity contribution in [2.24, 2.45) is 0 Å². The van der Waals surface area contributed by atoms with E-state index in [-0.39, 0.29) is 12.2 Å². The minimum absolute atomic E-state index is 0.0233. The van der Waals surface area contributed by atoms with Gasteiger partial charge in [0.15, 0.2) is 0 Å². The average molecular weight is 366 g/mol. The fraction of sp³-hybridized carbons (Fsp3) is 0.238. The van der Waals surface area contributed by atoms with Crippen LogP contribution in [0.4, 0.5) is 5.69 Å². The van der Waals surface area contributed by atoms with Gasteiger partial charge in [-0.15, -0.1) is 0 Å². The molecule has 0 aliphatic carbocycles. The van der Waals surface area contributed by atoms with Gasteiger partial charge in [-0.3, -0.25) is 4.79 Å². The molecule has 0 aliphatic heterocycles. The average Bonchev–Trinajstić information content (AvgIpc) is 2.67. The van der Waals surface area contributed by atoms with E-state index >= 15 is 0 Å². The maximum Gasteiger partial charge on any atom is 0.345 e. The lowest BCUT2D eigenvalue weighted by molar-refractivity contribution is 0.0525. The molecule has 0 fully saturated rings. The zero-order valence-corrected chi connectivity index (χ0v) is 15.6. The van der Waals surface area contributed by atoms with Gasteiger partial charge < -0.3 is 19.8 Å². The molecule has 0 radical (unpaired) electrons. The van der Waals surface area contributed by atoms with E-state index in [9.17, 15) is 9.59 Å². The Morgan fingerprint density at radius 1 is 1.15 bits per heavy atom. The summed E-state index contributed by atoms with van der Waals surface area (Å²) in [6, 6.07) is 13.3. The molecule has 0 amide bonds. The second-order valence-corrected chi connectivity index (χ2v) is 6.09. The molecule has 3 aromatic rings. The first kappa shape index (κ1) is 18.5. The van der Waals surface area contributed by atoms with Gasteiger partial charge in [-0.05, 0) is 25.5 Å². The van der Waals surface area contributed by atoms with Crippen molar-refractivity contribution in [2.45, 2.75) is 20.4 Å². The molecule has 0 saturated carbocycles. The van der Waals surface area contributed by atoms with E-state index in [2.05, 4.69) is 10.3 Å². The molecule has 140 valence electrons. The van der Waals surface area contributed by atoms with Gasteiger partial charge in [-0.1, -0.05) is 36.4 Å². The molecule has 0 atom stereocenters. The van der Waals surface area contributed by atoms with Gasteiger partial charge in [0, 0.05) is 17.5 Å². The lowest BCUT2D eigenvalue weighted by atomic mass is 10.1. The fourth-order valence-corrected chi connectivity index (χ4v) is 3.08. The number of esters is 1. The first-order valence-electron chi connectivity index (χ1n) is 8.75. The van der Waals surface area contributed by atoms with Gasteiger partial charge in [0.1, 0.15) is 11.3 Å². The van der Waals surface area contributed by atoms with Crippen LogP contribution < -0.4 is 15.6 Å². The summed E-state index contributed by atoms with van der Waals surface area (Å²) in [5, 5.41) is 4.01. The molecule has 0 spiro atoms. The normalized spacial score (nSPS) is 10.6. The second kappa shape index (κ2) is 7.95. The van der Waals surface area contributed by atoms with Crippen LogP contribution in [-0.2, 0) is 11.3 Å². The third-order valence-electron chi connectivity index (χ3n) is 4.39. The lowest BCUT2D eigenvalue weighted by Gasteiger charge is -2.16. The largest absolute Gasteiger partial charge is 0.496 e. The summed E-state index contributed by atoms with van der Waals surface area (Å²) in [6.45, 7) is 4.20. The molecule has 0 unspecified atom stereocenters. The molecule has 0 bridgehead atoms. The number of hydrogen-bond donors (Lipinski definition) is 2. The van der Waals surface area contributed by atoms with Crippen molar-refractivity contribution < 1.29 is 14.3 Å². The van der Waals surface area contributed by atoms with Crippen molar-refractivity contribution in [3.63, 3.8) is 0 Å². The van der Waals surface area contributed by atoms with E-state index in [4.69, 9.17) is 9.47 Å². The number of aryl methyl sites for hydroxylation is 1. The Morgan fingerprint density at radius 3 is 2.67 bits per heavy atom. The Bertz CT molecular complexity index is 1040. The first-order chi connectivity index (χ1) is 13.1. The number of fused-ring (bicyclic) bond motifs is 1. The molecule has 1 heterocycles. The minimum Gasteiger partial charge on any atom is -0.496 e. The van der Waals surface area contributed by atoms with E-state index in [1.54, 1.807) is 14.0 Å².